The van der Waals surface area contributed by atoms with E-state index in [-0.39, 0.29) is 46.8 Å². The molecule has 0 aromatic heterocycles. The van der Waals surface area contributed by atoms with E-state index < -0.39 is 11.8 Å². The lowest BCUT2D eigenvalue weighted by molar-refractivity contribution is -0.126. The molecule has 0 bridgehead atoms. The van der Waals surface area contributed by atoms with Gasteiger partial charge < -0.3 is 10.2 Å². The van der Waals surface area contributed by atoms with Crippen LogP contribution in [0, 0.1) is 5.92 Å². The van der Waals surface area contributed by atoms with Crippen LogP contribution in [0.3, 0.4) is 0 Å². The average molecular weight is 611 g/mol. The molecule has 0 aliphatic heterocycles. The number of aryl methyl sites for hydroxylation is 2. The van der Waals surface area contributed by atoms with E-state index in [0.717, 1.165) is 49.7 Å². The fourth-order valence-electron chi connectivity index (χ4n) is 5.09. The molecule has 0 saturated heterocycles. The molecule has 2 aromatic rings. The van der Waals surface area contributed by atoms with Crippen LogP contribution in [-0.2, 0) is 22.4 Å². The van der Waals surface area contributed by atoms with Crippen LogP contribution >= 0.6 is 0 Å². The lowest BCUT2D eigenvalue weighted by Gasteiger charge is -2.18. The van der Waals surface area contributed by atoms with Crippen molar-refractivity contribution in [2.24, 2.45) is 5.92 Å². The van der Waals surface area contributed by atoms with Crippen molar-refractivity contribution in [3.63, 3.8) is 0 Å². The van der Waals surface area contributed by atoms with Gasteiger partial charge in [0.05, 0.1) is 11.1 Å². The summed E-state index contributed by atoms with van der Waals surface area (Å²) in [5, 5.41) is 20.5. The van der Waals surface area contributed by atoms with Crippen LogP contribution in [0.25, 0.3) is 0 Å². The van der Waals surface area contributed by atoms with Gasteiger partial charge in [-0.2, -0.15) is 0 Å². The van der Waals surface area contributed by atoms with Gasteiger partial charge in [-0.3, -0.25) is 40.9 Å². The molecule has 0 radical (unpaired) electrons. The quantitative estimate of drug-likeness (QED) is 0.0930. The van der Waals surface area contributed by atoms with Gasteiger partial charge in [-0.25, -0.2) is 0 Å². The van der Waals surface area contributed by atoms with Crippen LogP contribution in [0.5, 0.6) is 11.5 Å². The topological polar surface area (TPSA) is 157 Å². The first kappa shape index (κ1) is 36.1. The molecule has 242 valence electrons. The van der Waals surface area contributed by atoms with Gasteiger partial charge >= 0.3 is 0 Å². The number of aromatic hydroxyl groups is 2. The number of nitrogens with one attached hydrogen (secondary N) is 4. The molecule has 0 fully saturated rings. The zero-order valence-electron chi connectivity index (χ0n) is 26.5. The number of carbonyl (C=O) groups excluding carboxylic acids is 4. The molecular weight excluding hydrogens is 560 g/mol. The zero-order chi connectivity index (χ0) is 32.3. The van der Waals surface area contributed by atoms with E-state index in [4.69, 9.17) is 0 Å². The van der Waals surface area contributed by atoms with Gasteiger partial charge in [-0.05, 0) is 68.2 Å². The average Bonchev–Trinajstić information content (AvgIpc) is 3.01. The molecule has 0 aliphatic rings. The van der Waals surface area contributed by atoms with Crippen LogP contribution in [0.4, 0.5) is 0 Å². The fourth-order valence-corrected chi connectivity index (χ4v) is 5.09. The van der Waals surface area contributed by atoms with Crippen LogP contribution in [0.2, 0.25) is 0 Å². The van der Waals surface area contributed by atoms with E-state index in [1.807, 2.05) is 13.0 Å². The van der Waals surface area contributed by atoms with Crippen molar-refractivity contribution < 1.29 is 29.4 Å². The summed E-state index contributed by atoms with van der Waals surface area (Å²) in [5.74, 6) is -2.26. The minimum atomic E-state index is -0.556. The molecule has 2 aromatic carbocycles. The highest BCUT2D eigenvalue weighted by Gasteiger charge is 2.21. The highest BCUT2D eigenvalue weighted by atomic mass is 16.3. The van der Waals surface area contributed by atoms with Crippen molar-refractivity contribution in [3.05, 3.63) is 58.7 Å². The number of phenolic OH excluding ortho intramolecular Hbond substituents is 2. The highest BCUT2D eigenvalue weighted by molar-refractivity contribution is 6.00. The number of rotatable bonds is 18. The molecule has 4 amide bonds. The minimum Gasteiger partial charge on any atom is -0.507 e. The Labute approximate surface area is 261 Å². The number of carbonyl (C=O) groups is 4. The number of unbranched alkanes of at least 4 members (excludes halogenated alkanes) is 5. The second kappa shape index (κ2) is 20.0. The molecule has 2 rings (SSSR count). The van der Waals surface area contributed by atoms with Gasteiger partial charge in [-0.1, -0.05) is 83.6 Å². The first-order valence-electron chi connectivity index (χ1n) is 16.0. The summed E-state index contributed by atoms with van der Waals surface area (Å²) in [7, 11) is 0. The summed E-state index contributed by atoms with van der Waals surface area (Å²) in [5.41, 5.74) is 11.7. The Morgan fingerprint density at radius 2 is 1.11 bits per heavy atom. The van der Waals surface area contributed by atoms with Crippen molar-refractivity contribution in [2.75, 3.05) is 0 Å². The largest absolute Gasteiger partial charge is 0.507 e. The van der Waals surface area contributed by atoms with Gasteiger partial charge in [0.15, 0.2) is 0 Å². The van der Waals surface area contributed by atoms with Crippen LogP contribution in [0.1, 0.15) is 130 Å². The Bertz CT molecular complexity index is 1230. The van der Waals surface area contributed by atoms with Crippen LogP contribution in [0.15, 0.2) is 36.4 Å². The van der Waals surface area contributed by atoms with Crippen molar-refractivity contribution >= 4 is 23.6 Å². The second-order valence-corrected chi connectivity index (χ2v) is 11.2. The number of hydrazine groups is 2. The van der Waals surface area contributed by atoms with E-state index in [1.165, 1.54) is 12.1 Å². The first-order chi connectivity index (χ1) is 21.2. The normalized spacial score (nSPS) is 11.4. The van der Waals surface area contributed by atoms with Gasteiger partial charge in [0.2, 0.25) is 11.8 Å². The predicted molar refractivity (Wildman–Crippen MR) is 171 cm³/mol. The number of hydrogen-bond donors (Lipinski definition) is 6. The predicted octanol–water partition coefficient (Wildman–Crippen LogP) is 5.76. The second-order valence-electron chi connectivity index (χ2n) is 11.2. The van der Waals surface area contributed by atoms with Gasteiger partial charge in [0.25, 0.3) is 11.8 Å². The molecule has 10 heteroatoms. The summed E-state index contributed by atoms with van der Waals surface area (Å²) in [6.45, 7) is 6.15. The maximum atomic E-state index is 13.0. The smallest absolute Gasteiger partial charge is 0.273 e. The third-order valence-corrected chi connectivity index (χ3v) is 7.66. The zero-order valence-corrected chi connectivity index (χ0v) is 26.5. The number of benzene rings is 2. The van der Waals surface area contributed by atoms with E-state index in [1.54, 1.807) is 18.2 Å². The molecule has 6 N–H and O–H groups in total. The first-order valence-corrected chi connectivity index (χ1v) is 16.0. The van der Waals surface area contributed by atoms with E-state index in [9.17, 15) is 29.4 Å². The Hall–Kier alpha value is -4.08. The van der Waals surface area contributed by atoms with Crippen molar-refractivity contribution in [1.29, 1.82) is 0 Å². The Balaban J connectivity index is 1.79. The SMILES string of the molecule is CCCCc1cccc(O)c1C(=O)NNC(=O)CCCCCC(CCCC)C(=O)NNC(=O)c1c(O)cccc1CCCC. The molecule has 0 heterocycles. The third kappa shape index (κ3) is 11.9. The number of phenols is 2. The van der Waals surface area contributed by atoms with Crippen molar-refractivity contribution in [1.82, 2.24) is 21.7 Å². The van der Waals surface area contributed by atoms with Crippen molar-refractivity contribution in [3.8, 4) is 11.5 Å². The van der Waals surface area contributed by atoms with Gasteiger partial charge in [0.1, 0.15) is 11.5 Å². The Morgan fingerprint density at radius 1 is 0.614 bits per heavy atom. The Morgan fingerprint density at radius 3 is 1.64 bits per heavy atom. The maximum Gasteiger partial charge on any atom is 0.273 e. The molecular formula is C34H50N4O6. The Kier molecular flexibility index (Phi) is 16.4. The lowest BCUT2D eigenvalue weighted by atomic mass is 9.94. The summed E-state index contributed by atoms with van der Waals surface area (Å²) < 4.78 is 0. The minimum absolute atomic E-state index is 0.119. The molecule has 44 heavy (non-hydrogen) atoms. The number of hydrogen-bond acceptors (Lipinski definition) is 6. The molecule has 1 unspecified atom stereocenters. The fraction of sp³-hybridized carbons (Fsp3) is 0.529. The van der Waals surface area contributed by atoms with Crippen molar-refractivity contribution in [2.45, 2.75) is 111 Å². The monoisotopic (exact) mass is 610 g/mol. The third-order valence-electron chi connectivity index (χ3n) is 7.66. The molecule has 0 saturated carbocycles. The van der Waals surface area contributed by atoms with Crippen LogP contribution in [-0.4, -0.2) is 33.8 Å². The summed E-state index contributed by atoms with van der Waals surface area (Å²) in [6.07, 6.45) is 10.3. The summed E-state index contributed by atoms with van der Waals surface area (Å²) in [4.78, 5) is 50.8. The van der Waals surface area contributed by atoms with E-state index in [2.05, 4.69) is 35.6 Å². The summed E-state index contributed by atoms with van der Waals surface area (Å²) in [6, 6.07) is 9.92. The molecule has 0 aliphatic carbocycles. The standard InChI is InChI=1S/C34H50N4O6/c1-4-7-15-24-19-13-21-27(39)30(24)33(43)37-35-29(41)23-12-10-11-18-26(17-9-6-3)32(42)36-38-34(44)31-25(16-8-5-2)20-14-22-28(31)40/h13-14,19-22,26,39-40H,4-12,15-18,23H2,1-3H3,(H,35,41)(H,36,42)(H,37,43)(H,38,44). The lowest BCUT2D eigenvalue weighted by Crippen LogP contribution is -2.44. The highest BCUT2D eigenvalue weighted by Crippen LogP contribution is 2.24. The van der Waals surface area contributed by atoms with Crippen LogP contribution < -0.4 is 21.7 Å². The molecule has 1 atom stereocenters. The summed E-state index contributed by atoms with van der Waals surface area (Å²) >= 11 is 0. The maximum absolute atomic E-state index is 13.0. The van der Waals surface area contributed by atoms with E-state index in [0.29, 0.717) is 44.9 Å². The molecule has 10 nitrogen and oxygen atoms in total. The van der Waals surface area contributed by atoms with Gasteiger partial charge in [0, 0.05) is 12.3 Å². The van der Waals surface area contributed by atoms with Gasteiger partial charge in [-0.15, -0.1) is 0 Å². The molecule has 0 spiro atoms. The number of amides is 4. The van der Waals surface area contributed by atoms with E-state index >= 15 is 0 Å².